The zero-order chi connectivity index (χ0) is 55.6. The second-order valence-electron chi connectivity index (χ2n) is 19.6. The van der Waals surface area contributed by atoms with Gasteiger partial charge in [-0.25, -0.2) is 14.7 Å². The molecular weight excluding hydrogens is 1030 g/mol. The summed E-state index contributed by atoms with van der Waals surface area (Å²) in [5.41, 5.74) is 8.79. The number of carbonyl (C=O) groups excluding carboxylic acids is 6. The van der Waals surface area contributed by atoms with Gasteiger partial charge in [-0.15, -0.1) is 0 Å². The molecule has 0 saturated carbocycles. The maximum absolute atomic E-state index is 13.3. The van der Waals surface area contributed by atoms with E-state index >= 15 is 0 Å². The number of carbonyl (C=O) groups is 6. The van der Waals surface area contributed by atoms with Gasteiger partial charge in [-0.1, -0.05) is 36.4 Å². The lowest BCUT2D eigenvalue weighted by Crippen LogP contribution is -2.29. The van der Waals surface area contributed by atoms with Crippen molar-refractivity contribution in [1.82, 2.24) is 0 Å². The van der Waals surface area contributed by atoms with Crippen molar-refractivity contribution in [2.45, 2.75) is 19.3 Å². The highest BCUT2D eigenvalue weighted by Gasteiger charge is 2.39. The zero-order valence-corrected chi connectivity index (χ0v) is 43.7. The van der Waals surface area contributed by atoms with Gasteiger partial charge in [0.05, 0.1) is 71.8 Å². The average Bonchev–Trinajstić information content (AvgIpc) is 4.13. The Balaban J connectivity index is 0.847. The first-order valence-corrected chi connectivity index (χ1v) is 25.8. The molecule has 0 bridgehead atoms. The minimum absolute atomic E-state index is 0.348. The Morgan fingerprint density at radius 1 is 0.272 bits per heavy atom. The molecule has 1 aliphatic carbocycles. The Hall–Kier alpha value is -10.8. The SMILES string of the molecule is COc1cc2c(cc1Oc1ccc(N3C(=O)c4ccccc4C3=O)cc1)Cc1cc(OC)c(Oc3ccc(N4C(=O)c5ccccc5C4=O)cc3)cc1Cc1cc(OC)c(Oc3ccc(N4C(=O)c5ccccc5C4=O)cc3)cc1C2. The van der Waals surface area contributed by atoms with Crippen molar-refractivity contribution in [2.75, 3.05) is 36.0 Å². The van der Waals surface area contributed by atoms with E-state index < -0.39 is 35.4 Å². The molecule has 0 aromatic heterocycles. The van der Waals surface area contributed by atoms with E-state index in [2.05, 4.69) is 0 Å². The minimum Gasteiger partial charge on any atom is -0.493 e. The molecule has 3 aliphatic heterocycles. The van der Waals surface area contributed by atoms with E-state index in [1.807, 2.05) is 36.4 Å². The van der Waals surface area contributed by atoms with Crippen molar-refractivity contribution in [3.8, 4) is 51.7 Å². The van der Waals surface area contributed by atoms with Crippen molar-refractivity contribution in [3.63, 3.8) is 0 Å². The minimum atomic E-state index is -0.398. The normalized spacial score (nSPS) is 14.0. The van der Waals surface area contributed by atoms with E-state index in [0.717, 1.165) is 48.1 Å². The molecule has 15 heteroatoms. The van der Waals surface area contributed by atoms with Crippen LogP contribution in [-0.2, 0) is 19.3 Å². The smallest absolute Gasteiger partial charge is 0.266 e. The number of hydrogen-bond acceptors (Lipinski definition) is 12. The van der Waals surface area contributed by atoms with E-state index in [-0.39, 0.29) is 0 Å². The number of ether oxygens (including phenoxy) is 6. The van der Waals surface area contributed by atoms with Crippen LogP contribution in [0.3, 0.4) is 0 Å². The third kappa shape index (κ3) is 8.64. The molecule has 4 aliphatic rings. The fourth-order valence-electron chi connectivity index (χ4n) is 10.9. The van der Waals surface area contributed by atoms with Crippen molar-refractivity contribution in [1.29, 1.82) is 0 Å². The summed E-state index contributed by atoms with van der Waals surface area (Å²) in [6, 6.07) is 52.1. The van der Waals surface area contributed by atoms with Gasteiger partial charge in [-0.05, 0) is 198 Å². The molecule has 0 unspecified atom stereocenters. The van der Waals surface area contributed by atoms with E-state index in [4.69, 9.17) is 28.4 Å². The van der Waals surface area contributed by atoms with E-state index in [1.165, 1.54) is 0 Å². The van der Waals surface area contributed by atoms with Gasteiger partial charge in [-0.3, -0.25) is 28.8 Å². The fraction of sp³-hybridized carbons (Fsp3) is 0.0909. The summed E-state index contributed by atoms with van der Waals surface area (Å²) in [5, 5.41) is 0. The number of imide groups is 3. The average molecular weight is 1070 g/mol. The second-order valence-corrected chi connectivity index (χ2v) is 19.6. The standard InChI is InChI=1S/C66H45N3O12/c1-76-55-31-37-28-41-35-59(80-47-24-18-44(19-25-47)68-63(72)51-12-6-7-13-52(51)64(68)73)57(78-3)33-39(41)30-42-36-60(81-48-26-20-45(21-27-48)69-65(74)53-14-8-9-15-54(53)66(69)75)56(77-2)32-38(42)29-40(37)34-58(55)79-46-22-16-43(17-23-46)67-61(70)49-10-4-5-11-50(49)62(67)71/h4-27,31-36H,28-30H2,1-3H3. The van der Waals surface area contributed by atoms with Crippen molar-refractivity contribution < 1.29 is 57.2 Å². The third-order valence-corrected chi connectivity index (χ3v) is 15.0. The van der Waals surface area contributed by atoms with Gasteiger partial charge in [0.15, 0.2) is 34.5 Å². The monoisotopic (exact) mass is 1070 g/mol. The zero-order valence-electron chi connectivity index (χ0n) is 43.7. The lowest BCUT2D eigenvalue weighted by molar-refractivity contribution is 0.0910. The molecule has 0 atom stereocenters. The van der Waals surface area contributed by atoms with Gasteiger partial charge in [0.1, 0.15) is 17.2 Å². The lowest BCUT2D eigenvalue weighted by atomic mass is 9.94. The molecule has 81 heavy (non-hydrogen) atoms. The number of rotatable bonds is 12. The Bertz CT molecular complexity index is 3620. The summed E-state index contributed by atoms with van der Waals surface area (Å²) < 4.78 is 37.8. The van der Waals surface area contributed by atoms with Gasteiger partial charge in [0.25, 0.3) is 35.4 Å². The molecular formula is C66H45N3O12. The fourth-order valence-corrected chi connectivity index (χ4v) is 10.9. The molecule has 9 aromatic rings. The lowest BCUT2D eigenvalue weighted by Gasteiger charge is -2.19. The largest absolute Gasteiger partial charge is 0.493 e. The molecule has 15 nitrogen and oxygen atoms in total. The number of fused-ring (bicyclic) bond motifs is 6. The number of benzene rings is 9. The molecule has 0 saturated heterocycles. The number of hydrogen-bond donors (Lipinski definition) is 0. The topological polar surface area (TPSA) is 168 Å². The number of anilines is 3. The Morgan fingerprint density at radius 3 is 0.667 bits per heavy atom. The maximum atomic E-state index is 13.3. The molecule has 396 valence electrons. The highest BCUT2D eigenvalue weighted by atomic mass is 16.5. The second kappa shape index (κ2) is 19.9. The maximum Gasteiger partial charge on any atom is 0.266 e. The molecule has 3 heterocycles. The Kier molecular flexibility index (Phi) is 12.2. The van der Waals surface area contributed by atoms with Crippen LogP contribution < -0.4 is 43.1 Å². The summed E-state index contributed by atoms with van der Waals surface area (Å²) >= 11 is 0. The quantitative estimate of drug-likeness (QED) is 0.106. The van der Waals surface area contributed by atoms with Gasteiger partial charge < -0.3 is 28.4 Å². The van der Waals surface area contributed by atoms with Gasteiger partial charge >= 0.3 is 0 Å². The summed E-state index contributed by atoms with van der Waals surface area (Å²) in [7, 11) is 4.71. The number of amides is 6. The molecule has 0 radical (unpaired) electrons. The third-order valence-electron chi connectivity index (χ3n) is 15.0. The van der Waals surface area contributed by atoms with Crippen LogP contribution in [0.25, 0.3) is 0 Å². The number of nitrogens with zero attached hydrogens (tertiary/aromatic N) is 3. The molecule has 9 aromatic carbocycles. The van der Waals surface area contributed by atoms with Crippen molar-refractivity contribution in [3.05, 3.63) is 249 Å². The van der Waals surface area contributed by atoms with Gasteiger partial charge in [-0.2, -0.15) is 0 Å². The number of methoxy groups -OCH3 is 3. The Labute approximate surface area is 463 Å². The van der Waals surface area contributed by atoms with E-state index in [1.54, 1.807) is 167 Å². The van der Waals surface area contributed by atoms with Crippen molar-refractivity contribution in [2.24, 2.45) is 0 Å². The molecule has 0 spiro atoms. The van der Waals surface area contributed by atoms with Crippen LogP contribution in [0.1, 0.15) is 95.5 Å². The highest BCUT2D eigenvalue weighted by Crippen LogP contribution is 2.44. The van der Waals surface area contributed by atoms with E-state index in [0.29, 0.717) is 121 Å². The van der Waals surface area contributed by atoms with Crippen LogP contribution in [0.4, 0.5) is 17.1 Å². The molecule has 0 fully saturated rings. The van der Waals surface area contributed by atoms with Crippen LogP contribution in [0.5, 0.6) is 51.7 Å². The first kappa shape index (κ1) is 49.8. The predicted molar refractivity (Wildman–Crippen MR) is 300 cm³/mol. The highest BCUT2D eigenvalue weighted by molar-refractivity contribution is 6.36. The van der Waals surface area contributed by atoms with Crippen LogP contribution in [0, 0.1) is 0 Å². The van der Waals surface area contributed by atoms with Gasteiger partial charge in [0, 0.05) is 0 Å². The Morgan fingerprint density at radius 2 is 0.469 bits per heavy atom. The molecule has 6 amide bonds. The van der Waals surface area contributed by atoms with E-state index in [9.17, 15) is 28.8 Å². The molecule has 0 N–H and O–H groups in total. The van der Waals surface area contributed by atoms with Gasteiger partial charge in [0.2, 0.25) is 0 Å². The van der Waals surface area contributed by atoms with Crippen LogP contribution in [-0.4, -0.2) is 56.8 Å². The first-order valence-electron chi connectivity index (χ1n) is 25.8. The molecule has 13 rings (SSSR count). The summed E-state index contributed by atoms with van der Waals surface area (Å²) in [6.45, 7) is 0. The van der Waals surface area contributed by atoms with Crippen molar-refractivity contribution >= 4 is 52.5 Å². The predicted octanol–water partition coefficient (Wildman–Crippen LogP) is 12.6. The summed E-state index contributed by atoms with van der Waals surface area (Å²) in [4.78, 5) is 83.3. The first-order chi connectivity index (χ1) is 39.5. The summed E-state index contributed by atoms with van der Waals surface area (Å²) in [6.07, 6.45) is 1.26. The van der Waals surface area contributed by atoms with Crippen LogP contribution >= 0.6 is 0 Å². The summed E-state index contributed by atoms with van der Waals surface area (Å²) in [5.74, 6) is 1.56. The van der Waals surface area contributed by atoms with Crippen LogP contribution in [0.2, 0.25) is 0 Å². The van der Waals surface area contributed by atoms with Crippen LogP contribution in [0.15, 0.2) is 182 Å².